The first kappa shape index (κ1) is 30.7. The highest BCUT2D eigenvalue weighted by atomic mass is 32.2. The van der Waals surface area contributed by atoms with Gasteiger partial charge in [0.2, 0.25) is 0 Å². The largest absolute Gasteiger partial charge is 0.493 e. The summed E-state index contributed by atoms with van der Waals surface area (Å²) in [6.45, 7) is 9.83. The minimum atomic E-state index is -0.466. The summed E-state index contributed by atoms with van der Waals surface area (Å²) in [6.07, 6.45) is 5.90. The van der Waals surface area contributed by atoms with Crippen LogP contribution in [-0.2, 0) is 33.6 Å². The van der Waals surface area contributed by atoms with Crippen LogP contribution in [0.3, 0.4) is 0 Å². The van der Waals surface area contributed by atoms with Crippen LogP contribution in [0.25, 0.3) is 6.08 Å². The highest BCUT2D eigenvalue weighted by Gasteiger charge is 2.35. The van der Waals surface area contributed by atoms with Crippen LogP contribution in [0.5, 0.6) is 11.5 Å². The zero-order valence-electron chi connectivity index (χ0n) is 24.5. The van der Waals surface area contributed by atoms with Gasteiger partial charge in [-0.25, -0.2) is 9.79 Å². The van der Waals surface area contributed by atoms with Crippen molar-refractivity contribution in [3.8, 4) is 11.5 Å². The Kier molecular flexibility index (Phi) is 10.6. The number of nitrogens with zero attached hydrogens (tertiary/aromatic N) is 2. The van der Waals surface area contributed by atoms with E-state index in [0.29, 0.717) is 28.0 Å². The number of anilines is 1. The lowest BCUT2D eigenvalue weighted by molar-refractivity contribution is -0.145. The molecule has 0 aromatic heterocycles. The molecule has 7 nitrogen and oxygen atoms in total. The maximum atomic E-state index is 13.9. The number of esters is 1. The molecule has 0 saturated carbocycles. The van der Waals surface area contributed by atoms with E-state index in [1.165, 1.54) is 30.0 Å². The molecule has 1 aliphatic rings. The lowest BCUT2D eigenvalue weighted by atomic mass is 10.0. The van der Waals surface area contributed by atoms with E-state index in [9.17, 15) is 9.59 Å². The smallest absolute Gasteiger partial charge is 0.344 e. The molecule has 3 aromatic carbocycles. The Morgan fingerprint density at radius 1 is 1.00 bits per heavy atom. The van der Waals surface area contributed by atoms with E-state index in [1.54, 1.807) is 24.0 Å². The predicted molar refractivity (Wildman–Crippen MR) is 171 cm³/mol. The van der Waals surface area contributed by atoms with Gasteiger partial charge in [-0.15, -0.1) is 6.58 Å². The van der Waals surface area contributed by atoms with E-state index in [1.807, 2.05) is 48.5 Å². The van der Waals surface area contributed by atoms with Gasteiger partial charge >= 0.3 is 5.97 Å². The molecule has 1 amide bonds. The number of amides is 1. The standard InChI is InChI=1S/C34H36N2O5S/c1-6-10-26-19-25(20-29(39-5)32(26)41-22-31(37)40-9-4)21-30-33(38)36(28-17-13-24(8-3)14-18-28)34(42-30)35-27-15-11-23(7-2)12-16-27/h6,11-21H,1,7-10,22H2,2-5H3/b30-21-,35-34?. The van der Waals surface area contributed by atoms with Crippen molar-refractivity contribution in [3.63, 3.8) is 0 Å². The van der Waals surface area contributed by atoms with Gasteiger partial charge in [-0.2, -0.15) is 0 Å². The van der Waals surface area contributed by atoms with Crippen molar-refractivity contribution in [3.05, 3.63) is 100 Å². The van der Waals surface area contributed by atoms with E-state index in [0.717, 1.165) is 35.3 Å². The lowest BCUT2D eigenvalue weighted by Gasteiger charge is -2.16. The Hall–Kier alpha value is -4.30. The van der Waals surface area contributed by atoms with Crippen molar-refractivity contribution in [1.82, 2.24) is 0 Å². The Labute approximate surface area is 251 Å². The van der Waals surface area contributed by atoms with E-state index < -0.39 is 5.97 Å². The van der Waals surface area contributed by atoms with Gasteiger partial charge in [-0.1, -0.05) is 44.2 Å². The highest BCUT2D eigenvalue weighted by Crippen LogP contribution is 2.39. The van der Waals surface area contributed by atoms with E-state index in [-0.39, 0.29) is 19.1 Å². The number of hydrogen-bond acceptors (Lipinski definition) is 7. The third kappa shape index (κ3) is 7.31. The molecule has 0 N–H and O–H groups in total. The molecule has 3 aromatic rings. The molecule has 1 fully saturated rings. The van der Waals surface area contributed by atoms with Gasteiger partial charge in [0.15, 0.2) is 23.3 Å². The predicted octanol–water partition coefficient (Wildman–Crippen LogP) is 7.30. The summed E-state index contributed by atoms with van der Waals surface area (Å²) in [7, 11) is 1.53. The number of benzene rings is 3. The Bertz CT molecular complexity index is 1490. The van der Waals surface area contributed by atoms with Gasteiger partial charge < -0.3 is 14.2 Å². The van der Waals surface area contributed by atoms with Gasteiger partial charge in [-0.05, 0) is 97.1 Å². The first-order chi connectivity index (χ1) is 20.4. The van der Waals surface area contributed by atoms with Crippen molar-refractivity contribution in [1.29, 1.82) is 0 Å². The summed E-state index contributed by atoms with van der Waals surface area (Å²) in [6, 6.07) is 19.7. The molecule has 0 spiro atoms. The zero-order valence-corrected chi connectivity index (χ0v) is 25.3. The third-order valence-corrected chi connectivity index (χ3v) is 7.62. The van der Waals surface area contributed by atoms with Crippen LogP contribution in [0.2, 0.25) is 0 Å². The summed E-state index contributed by atoms with van der Waals surface area (Å²) >= 11 is 1.32. The van der Waals surface area contributed by atoms with Crippen LogP contribution >= 0.6 is 11.8 Å². The highest BCUT2D eigenvalue weighted by molar-refractivity contribution is 8.19. The first-order valence-electron chi connectivity index (χ1n) is 14.0. The first-order valence-corrected chi connectivity index (χ1v) is 14.8. The minimum Gasteiger partial charge on any atom is -0.493 e. The Balaban J connectivity index is 1.73. The number of thioether (sulfide) groups is 1. The van der Waals surface area contributed by atoms with Crippen molar-refractivity contribution in [2.45, 2.75) is 40.0 Å². The average molecular weight is 585 g/mol. The van der Waals surface area contributed by atoms with Crippen molar-refractivity contribution < 1.29 is 23.8 Å². The van der Waals surface area contributed by atoms with Crippen molar-refractivity contribution in [2.75, 3.05) is 25.2 Å². The molecule has 0 unspecified atom stereocenters. The maximum Gasteiger partial charge on any atom is 0.344 e. The number of hydrogen-bond donors (Lipinski definition) is 0. The molecule has 0 atom stereocenters. The van der Waals surface area contributed by atoms with E-state index in [4.69, 9.17) is 19.2 Å². The molecule has 0 aliphatic carbocycles. The van der Waals surface area contributed by atoms with Crippen molar-refractivity contribution in [2.24, 2.45) is 4.99 Å². The molecule has 8 heteroatoms. The molecule has 1 aliphatic heterocycles. The number of ether oxygens (including phenoxy) is 3. The number of aryl methyl sites for hydroxylation is 2. The van der Waals surface area contributed by atoms with Crippen LogP contribution in [0.15, 0.2) is 83.2 Å². The van der Waals surface area contributed by atoms with Crippen LogP contribution in [0.4, 0.5) is 11.4 Å². The summed E-state index contributed by atoms with van der Waals surface area (Å²) in [5.41, 5.74) is 5.46. The van der Waals surface area contributed by atoms with Crippen LogP contribution in [0.1, 0.15) is 43.0 Å². The number of carbonyl (C=O) groups excluding carboxylic acids is 2. The quantitative estimate of drug-likeness (QED) is 0.126. The number of carbonyl (C=O) groups is 2. The SMILES string of the molecule is C=CCc1cc(/C=C2\SC(=Nc3ccc(CC)cc3)N(c3ccc(CC)cc3)C2=O)cc(OC)c1OCC(=O)OCC. The third-order valence-electron chi connectivity index (χ3n) is 6.65. The summed E-state index contributed by atoms with van der Waals surface area (Å²) in [4.78, 5) is 32.8. The molecule has 0 bridgehead atoms. The normalized spacial score (nSPS) is 14.9. The molecule has 218 valence electrons. The topological polar surface area (TPSA) is 77.4 Å². The number of methoxy groups -OCH3 is 1. The van der Waals surface area contributed by atoms with Crippen molar-refractivity contribution >= 4 is 46.3 Å². The summed E-state index contributed by atoms with van der Waals surface area (Å²) in [5, 5.41) is 0.576. The average Bonchev–Trinajstić information content (AvgIpc) is 3.30. The fraction of sp³-hybridized carbons (Fsp3) is 0.265. The summed E-state index contributed by atoms with van der Waals surface area (Å²) < 4.78 is 16.4. The van der Waals surface area contributed by atoms with Gasteiger partial charge in [0, 0.05) is 5.56 Å². The molecule has 1 saturated heterocycles. The lowest BCUT2D eigenvalue weighted by Crippen LogP contribution is -2.28. The van der Waals surface area contributed by atoms with Gasteiger partial charge in [-0.3, -0.25) is 9.69 Å². The number of allylic oxidation sites excluding steroid dienone is 1. The zero-order chi connectivity index (χ0) is 30.1. The molecule has 1 heterocycles. The van der Waals surface area contributed by atoms with Crippen LogP contribution in [0, 0.1) is 0 Å². The molecule has 42 heavy (non-hydrogen) atoms. The van der Waals surface area contributed by atoms with E-state index in [2.05, 4.69) is 32.6 Å². The Morgan fingerprint density at radius 2 is 1.67 bits per heavy atom. The second kappa shape index (κ2) is 14.5. The fourth-order valence-corrected chi connectivity index (χ4v) is 5.45. The summed E-state index contributed by atoms with van der Waals surface area (Å²) in [5.74, 6) is 0.248. The number of aliphatic imine (C=N–C) groups is 1. The minimum absolute atomic E-state index is 0.167. The van der Waals surface area contributed by atoms with Gasteiger partial charge in [0.05, 0.1) is 30.0 Å². The van der Waals surface area contributed by atoms with Gasteiger partial charge in [0.25, 0.3) is 5.91 Å². The Morgan fingerprint density at radius 3 is 2.26 bits per heavy atom. The second-order valence-electron chi connectivity index (χ2n) is 9.48. The fourth-order valence-electron chi connectivity index (χ4n) is 4.45. The number of rotatable bonds is 12. The van der Waals surface area contributed by atoms with E-state index >= 15 is 0 Å². The molecular weight excluding hydrogens is 548 g/mol. The molecular formula is C34H36N2O5S. The van der Waals surface area contributed by atoms with Crippen LogP contribution in [-0.4, -0.2) is 37.4 Å². The maximum absolute atomic E-state index is 13.9. The monoisotopic (exact) mass is 584 g/mol. The number of amidine groups is 1. The molecule has 0 radical (unpaired) electrons. The second-order valence-corrected chi connectivity index (χ2v) is 10.5. The van der Waals surface area contributed by atoms with Gasteiger partial charge in [0.1, 0.15) is 0 Å². The van der Waals surface area contributed by atoms with Crippen LogP contribution < -0.4 is 14.4 Å². The molecule has 4 rings (SSSR count).